The zero-order chi connectivity index (χ0) is 9.26. The largest absolute Gasteiger partial charge is 0.343 e. The van der Waals surface area contributed by atoms with Crippen molar-refractivity contribution in [1.29, 1.82) is 0 Å². The van der Waals surface area contributed by atoms with E-state index in [2.05, 4.69) is 31.0 Å². The summed E-state index contributed by atoms with van der Waals surface area (Å²) in [5, 5.41) is 11.3. The highest BCUT2D eigenvalue weighted by Crippen LogP contribution is 2.32. The second-order valence-electron chi connectivity index (χ2n) is 3.22. The molecule has 72 valence electrons. The Morgan fingerprint density at radius 1 is 1.54 bits per heavy atom. The predicted molar refractivity (Wildman–Crippen MR) is 58.8 cm³/mol. The van der Waals surface area contributed by atoms with E-state index in [9.17, 15) is 0 Å². The molecule has 0 aliphatic heterocycles. The van der Waals surface area contributed by atoms with Gasteiger partial charge in [0.15, 0.2) is 0 Å². The van der Waals surface area contributed by atoms with Crippen LogP contribution in [0.3, 0.4) is 0 Å². The predicted octanol–water partition coefficient (Wildman–Crippen LogP) is 2.21. The summed E-state index contributed by atoms with van der Waals surface area (Å²) in [5.74, 6) is 0. The Morgan fingerprint density at radius 2 is 2.31 bits per heavy atom. The summed E-state index contributed by atoms with van der Waals surface area (Å²) in [6.07, 6.45) is 2.62. The van der Waals surface area contributed by atoms with Crippen LogP contribution in [-0.2, 0) is 0 Å². The third kappa shape index (κ3) is 2.20. The first-order valence-electron chi connectivity index (χ1n) is 4.44. The van der Waals surface area contributed by atoms with Crippen LogP contribution in [0.15, 0.2) is 0 Å². The molecule has 5 heteroatoms. The van der Waals surface area contributed by atoms with Crippen molar-refractivity contribution in [3.63, 3.8) is 0 Å². The number of aromatic nitrogens is 2. The molecule has 0 spiro atoms. The van der Waals surface area contributed by atoms with Crippen LogP contribution in [-0.4, -0.2) is 28.1 Å². The van der Waals surface area contributed by atoms with Crippen LogP contribution >= 0.6 is 27.3 Å². The molecule has 1 aliphatic carbocycles. The Hall–Kier alpha value is -0.160. The minimum absolute atomic E-state index is 0.727. The number of nitrogens with zero attached hydrogens (tertiary/aromatic N) is 3. The summed E-state index contributed by atoms with van der Waals surface area (Å²) in [4.78, 5) is 2.36. The lowest BCUT2D eigenvalue weighted by atomic mass is 10.5. The Morgan fingerprint density at radius 3 is 2.77 bits per heavy atom. The van der Waals surface area contributed by atoms with Gasteiger partial charge in [0.1, 0.15) is 5.01 Å². The molecule has 1 aliphatic rings. The van der Waals surface area contributed by atoms with Gasteiger partial charge >= 0.3 is 0 Å². The highest BCUT2D eigenvalue weighted by atomic mass is 79.9. The van der Waals surface area contributed by atoms with Crippen molar-refractivity contribution in [2.24, 2.45) is 0 Å². The molecule has 0 amide bonds. The van der Waals surface area contributed by atoms with E-state index >= 15 is 0 Å². The SMILES string of the molecule is Cc1nnc(N(CCBr)C2CC2)s1. The third-order valence-electron chi connectivity index (χ3n) is 2.07. The van der Waals surface area contributed by atoms with Crippen LogP contribution in [0.1, 0.15) is 17.8 Å². The lowest BCUT2D eigenvalue weighted by molar-refractivity contribution is 0.816. The van der Waals surface area contributed by atoms with Gasteiger partial charge in [-0.3, -0.25) is 0 Å². The van der Waals surface area contributed by atoms with Gasteiger partial charge in [0, 0.05) is 17.9 Å². The van der Waals surface area contributed by atoms with Crippen LogP contribution in [0, 0.1) is 6.92 Å². The number of anilines is 1. The van der Waals surface area contributed by atoms with Gasteiger partial charge in [0.05, 0.1) is 0 Å². The molecule has 1 fully saturated rings. The normalized spacial score (nSPS) is 16.2. The number of alkyl halides is 1. The van der Waals surface area contributed by atoms with Gasteiger partial charge in [-0.25, -0.2) is 0 Å². The average molecular weight is 262 g/mol. The molecule has 0 aromatic carbocycles. The molecule has 13 heavy (non-hydrogen) atoms. The fourth-order valence-electron chi connectivity index (χ4n) is 1.31. The van der Waals surface area contributed by atoms with Gasteiger partial charge in [-0.2, -0.15) is 0 Å². The smallest absolute Gasteiger partial charge is 0.208 e. The van der Waals surface area contributed by atoms with Gasteiger partial charge in [0.25, 0.3) is 0 Å². The van der Waals surface area contributed by atoms with E-state index in [4.69, 9.17) is 0 Å². The first kappa shape index (κ1) is 9.40. The van der Waals surface area contributed by atoms with Crippen LogP contribution in [0.5, 0.6) is 0 Å². The van der Waals surface area contributed by atoms with Crippen LogP contribution < -0.4 is 4.90 Å². The van der Waals surface area contributed by atoms with Crippen molar-refractivity contribution in [2.45, 2.75) is 25.8 Å². The fourth-order valence-corrected chi connectivity index (χ4v) is 2.48. The molecule has 1 aromatic heterocycles. The number of rotatable bonds is 4. The Bertz CT molecular complexity index is 285. The summed E-state index contributed by atoms with van der Waals surface area (Å²) in [7, 11) is 0. The molecule has 1 saturated carbocycles. The summed E-state index contributed by atoms with van der Waals surface area (Å²) < 4.78 is 0. The molecule has 1 aromatic rings. The maximum atomic E-state index is 4.17. The monoisotopic (exact) mass is 261 g/mol. The fraction of sp³-hybridized carbons (Fsp3) is 0.750. The van der Waals surface area contributed by atoms with Crippen LogP contribution in [0.25, 0.3) is 0 Å². The molecular weight excluding hydrogens is 250 g/mol. The second kappa shape index (κ2) is 3.92. The zero-order valence-corrected chi connectivity index (χ0v) is 9.94. The number of hydrogen-bond donors (Lipinski definition) is 0. The van der Waals surface area contributed by atoms with Crippen molar-refractivity contribution in [2.75, 3.05) is 16.8 Å². The highest BCUT2D eigenvalue weighted by molar-refractivity contribution is 9.09. The molecule has 0 atom stereocenters. The zero-order valence-electron chi connectivity index (χ0n) is 7.53. The molecular formula is C8H12BrN3S. The maximum absolute atomic E-state index is 4.17. The van der Waals surface area contributed by atoms with Crippen LogP contribution in [0.2, 0.25) is 0 Å². The average Bonchev–Trinajstić information content (AvgIpc) is 2.85. The standard InChI is InChI=1S/C8H12BrN3S/c1-6-10-11-8(13-6)12(5-4-9)7-2-3-7/h7H,2-5H2,1H3. The minimum atomic E-state index is 0.727. The van der Waals surface area contributed by atoms with E-state index in [-0.39, 0.29) is 0 Å². The number of halogens is 1. The van der Waals surface area contributed by atoms with E-state index < -0.39 is 0 Å². The van der Waals surface area contributed by atoms with Gasteiger partial charge in [-0.1, -0.05) is 27.3 Å². The topological polar surface area (TPSA) is 29.0 Å². The van der Waals surface area contributed by atoms with E-state index in [1.807, 2.05) is 6.92 Å². The molecule has 0 bridgehead atoms. The first-order valence-corrected chi connectivity index (χ1v) is 6.38. The molecule has 1 heterocycles. The van der Waals surface area contributed by atoms with Gasteiger partial charge in [-0.15, -0.1) is 10.2 Å². The second-order valence-corrected chi connectivity index (χ2v) is 5.17. The van der Waals surface area contributed by atoms with Crippen molar-refractivity contribution >= 4 is 32.4 Å². The highest BCUT2D eigenvalue weighted by Gasteiger charge is 2.30. The Labute approximate surface area is 90.3 Å². The van der Waals surface area contributed by atoms with Gasteiger partial charge < -0.3 is 4.90 Å². The number of hydrogen-bond acceptors (Lipinski definition) is 4. The van der Waals surface area contributed by atoms with Gasteiger partial charge in [-0.05, 0) is 19.8 Å². The molecule has 0 saturated heterocycles. The summed E-state index contributed by atoms with van der Waals surface area (Å²) in [5.41, 5.74) is 0. The van der Waals surface area contributed by atoms with Crippen molar-refractivity contribution in [3.05, 3.63) is 5.01 Å². The lowest BCUT2D eigenvalue weighted by Crippen LogP contribution is -2.27. The summed E-state index contributed by atoms with van der Waals surface area (Å²) >= 11 is 5.15. The lowest BCUT2D eigenvalue weighted by Gasteiger charge is -2.18. The maximum Gasteiger partial charge on any atom is 0.208 e. The summed E-state index contributed by atoms with van der Waals surface area (Å²) in [6.45, 7) is 3.04. The Kier molecular flexibility index (Phi) is 2.83. The van der Waals surface area contributed by atoms with Crippen molar-refractivity contribution in [3.8, 4) is 0 Å². The first-order chi connectivity index (χ1) is 6.31. The van der Waals surface area contributed by atoms with E-state index in [1.54, 1.807) is 11.3 Å². The van der Waals surface area contributed by atoms with Crippen LogP contribution in [0.4, 0.5) is 5.13 Å². The molecule has 0 radical (unpaired) electrons. The molecule has 0 unspecified atom stereocenters. The van der Waals surface area contributed by atoms with E-state index in [0.29, 0.717) is 0 Å². The van der Waals surface area contributed by atoms with E-state index in [1.165, 1.54) is 12.8 Å². The molecule has 2 rings (SSSR count). The quantitative estimate of drug-likeness (QED) is 0.779. The van der Waals surface area contributed by atoms with Gasteiger partial charge in [0.2, 0.25) is 5.13 Å². The minimum Gasteiger partial charge on any atom is -0.343 e. The van der Waals surface area contributed by atoms with Crippen molar-refractivity contribution < 1.29 is 0 Å². The molecule has 3 nitrogen and oxygen atoms in total. The summed E-state index contributed by atoms with van der Waals surface area (Å²) in [6, 6.07) is 0.727. The van der Waals surface area contributed by atoms with Crippen molar-refractivity contribution in [1.82, 2.24) is 10.2 Å². The third-order valence-corrected chi connectivity index (χ3v) is 3.30. The van der Waals surface area contributed by atoms with E-state index in [0.717, 1.165) is 28.1 Å². The number of aryl methyl sites for hydroxylation is 1. The molecule has 0 N–H and O–H groups in total. The Balaban J connectivity index is 2.10.